The average Bonchev–Trinajstić information content (AvgIpc) is 2.81. The van der Waals surface area contributed by atoms with Crippen molar-refractivity contribution in [3.05, 3.63) is 45.3 Å². The van der Waals surface area contributed by atoms with Crippen LogP contribution in [0.25, 0.3) is 0 Å². The summed E-state index contributed by atoms with van der Waals surface area (Å²) in [6, 6.07) is 1.44. The van der Waals surface area contributed by atoms with E-state index in [1.54, 1.807) is 20.0 Å². The molecule has 0 atom stereocenters. The molecule has 0 aliphatic carbocycles. The third kappa shape index (κ3) is 2.49. The number of nitrogens with zero attached hydrogens (tertiary/aromatic N) is 2. The molecule has 2 N–H and O–H groups in total. The lowest BCUT2D eigenvalue weighted by atomic mass is 10.1. The van der Waals surface area contributed by atoms with Crippen LogP contribution in [-0.4, -0.2) is 20.4 Å². The summed E-state index contributed by atoms with van der Waals surface area (Å²) in [5, 5.41) is 2.81. The average molecular weight is 286 g/mol. The number of carbonyl (C=O) groups excluding carboxylic acids is 1. The third-order valence-corrected chi connectivity index (χ3v) is 3.79. The Bertz CT molecular complexity index is 758. The maximum Gasteiger partial charge on any atom is 0.262 e. The second-order valence-electron chi connectivity index (χ2n) is 5.44. The van der Waals surface area contributed by atoms with E-state index in [4.69, 9.17) is 0 Å². The van der Waals surface area contributed by atoms with Crippen molar-refractivity contribution in [1.29, 1.82) is 0 Å². The first-order valence-corrected chi connectivity index (χ1v) is 7.12. The van der Waals surface area contributed by atoms with Crippen molar-refractivity contribution in [2.24, 2.45) is 0 Å². The molecule has 0 bridgehead atoms. The van der Waals surface area contributed by atoms with E-state index in [0.29, 0.717) is 11.5 Å². The number of aromatic nitrogens is 3. The van der Waals surface area contributed by atoms with Gasteiger partial charge in [-0.05, 0) is 26.7 Å². The molecule has 3 rings (SSSR count). The van der Waals surface area contributed by atoms with Gasteiger partial charge in [0.05, 0.1) is 6.20 Å². The fraction of sp³-hybridized carbons (Fsp3) is 0.400. The lowest BCUT2D eigenvalue weighted by Gasteiger charge is -2.16. The van der Waals surface area contributed by atoms with Crippen molar-refractivity contribution in [1.82, 2.24) is 14.5 Å². The minimum atomic E-state index is -0.387. The highest BCUT2D eigenvalue weighted by Crippen LogP contribution is 2.20. The summed E-state index contributed by atoms with van der Waals surface area (Å²) in [7, 11) is 0. The van der Waals surface area contributed by atoms with Crippen molar-refractivity contribution in [2.75, 3.05) is 5.32 Å². The number of aryl methyl sites for hydroxylation is 3. The Hall–Kier alpha value is -2.37. The molecule has 21 heavy (non-hydrogen) atoms. The molecule has 1 aliphatic rings. The Morgan fingerprint density at radius 3 is 2.95 bits per heavy atom. The van der Waals surface area contributed by atoms with E-state index in [0.717, 1.165) is 37.3 Å². The monoisotopic (exact) mass is 286 g/mol. The zero-order chi connectivity index (χ0) is 15.0. The van der Waals surface area contributed by atoms with E-state index < -0.39 is 0 Å². The van der Waals surface area contributed by atoms with Crippen LogP contribution in [0.5, 0.6) is 0 Å². The Balaban J connectivity index is 1.91. The maximum absolute atomic E-state index is 12.4. The normalized spacial score (nSPS) is 13.8. The Morgan fingerprint density at radius 2 is 2.19 bits per heavy atom. The molecule has 110 valence electrons. The highest BCUT2D eigenvalue weighted by Gasteiger charge is 2.19. The van der Waals surface area contributed by atoms with Crippen LogP contribution in [-0.2, 0) is 13.0 Å². The zero-order valence-corrected chi connectivity index (χ0v) is 12.2. The predicted octanol–water partition coefficient (Wildman–Crippen LogP) is 1.78. The number of H-pyrrole nitrogens is 1. The van der Waals surface area contributed by atoms with Crippen LogP contribution in [0.3, 0.4) is 0 Å². The number of hydrogen-bond donors (Lipinski definition) is 2. The van der Waals surface area contributed by atoms with E-state index in [1.165, 1.54) is 6.07 Å². The zero-order valence-electron chi connectivity index (χ0n) is 12.2. The molecule has 0 unspecified atom stereocenters. The van der Waals surface area contributed by atoms with Gasteiger partial charge < -0.3 is 14.9 Å². The molecule has 0 saturated heterocycles. The van der Waals surface area contributed by atoms with Gasteiger partial charge in [0.25, 0.3) is 5.91 Å². The lowest BCUT2D eigenvalue weighted by molar-refractivity contribution is 0.102. The van der Waals surface area contributed by atoms with E-state index in [-0.39, 0.29) is 16.9 Å². The standard InChI is InChI=1S/C15H18N4O2/c1-9-7-11(20)14(10(2)17-9)15(21)18-13-8-16-12-5-3-4-6-19(12)13/h7-8H,3-6H2,1-2H3,(H,17,20)(H,18,21). The number of pyridine rings is 1. The van der Waals surface area contributed by atoms with Crippen LogP contribution in [0.15, 0.2) is 17.1 Å². The fourth-order valence-corrected chi connectivity index (χ4v) is 2.82. The first-order chi connectivity index (χ1) is 10.1. The lowest BCUT2D eigenvalue weighted by Crippen LogP contribution is -2.25. The quantitative estimate of drug-likeness (QED) is 0.883. The van der Waals surface area contributed by atoms with Gasteiger partial charge >= 0.3 is 0 Å². The Morgan fingerprint density at radius 1 is 1.38 bits per heavy atom. The molecule has 1 aliphatic heterocycles. The number of carbonyl (C=O) groups is 1. The highest BCUT2D eigenvalue weighted by atomic mass is 16.2. The molecule has 2 aromatic rings. The second kappa shape index (κ2) is 5.20. The molecule has 0 aromatic carbocycles. The van der Waals surface area contributed by atoms with E-state index >= 15 is 0 Å². The van der Waals surface area contributed by atoms with Crippen LogP contribution in [0, 0.1) is 13.8 Å². The fourth-order valence-electron chi connectivity index (χ4n) is 2.82. The third-order valence-electron chi connectivity index (χ3n) is 3.79. The number of anilines is 1. The van der Waals surface area contributed by atoms with Gasteiger partial charge in [-0.15, -0.1) is 0 Å². The van der Waals surface area contributed by atoms with Gasteiger partial charge in [-0.3, -0.25) is 9.59 Å². The summed E-state index contributed by atoms with van der Waals surface area (Å²) in [6.45, 7) is 4.38. The number of imidazole rings is 1. The number of amides is 1. The van der Waals surface area contributed by atoms with Crippen LogP contribution in [0.4, 0.5) is 5.82 Å². The highest BCUT2D eigenvalue weighted by molar-refractivity contribution is 6.04. The van der Waals surface area contributed by atoms with Gasteiger partial charge in [0.1, 0.15) is 17.2 Å². The van der Waals surface area contributed by atoms with Crippen LogP contribution >= 0.6 is 0 Å². The van der Waals surface area contributed by atoms with E-state index in [1.807, 2.05) is 4.57 Å². The van der Waals surface area contributed by atoms with Crippen molar-refractivity contribution in [3.63, 3.8) is 0 Å². The molecule has 6 heteroatoms. The smallest absolute Gasteiger partial charge is 0.262 e. The number of nitrogens with one attached hydrogen (secondary N) is 2. The van der Waals surface area contributed by atoms with Crippen molar-refractivity contribution in [2.45, 2.75) is 39.7 Å². The molecule has 6 nitrogen and oxygen atoms in total. The minimum absolute atomic E-state index is 0.159. The van der Waals surface area contributed by atoms with E-state index in [9.17, 15) is 9.59 Å². The SMILES string of the molecule is Cc1cc(=O)c(C(=O)Nc2cnc3n2CCCC3)c(C)[nH]1. The summed E-state index contributed by atoms with van der Waals surface area (Å²) in [6.07, 6.45) is 4.80. The first kappa shape index (κ1) is 13.6. The van der Waals surface area contributed by atoms with Gasteiger partial charge in [0, 0.05) is 30.4 Å². The van der Waals surface area contributed by atoms with Gasteiger partial charge in [-0.25, -0.2) is 4.98 Å². The Labute approximate surface area is 122 Å². The number of hydrogen-bond acceptors (Lipinski definition) is 3. The summed E-state index contributed by atoms with van der Waals surface area (Å²) >= 11 is 0. The van der Waals surface area contributed by atoms with Crippen LogP contribution in [0.1, 0.15) is 40.4 Å². The molecule has 0 saturated carbocycles. The Kier molecular flexibility index (Phi) is 3.37. The second-order valence-corrected chi connectivity index (χ2v) is 5.44. The van der Waals surface area contributed by atoms with Gasteiger partial charge in [-0.2, -0.15) is 0 Å². The minimum Gasteiger partial charge on any atom is -0.362 e. The predicted molar refractivity (Wildman–Crippen MR) is 79.7 cm³/mol. The molecular weight excluding hydrogens is 268 g/mol. The van der Waals surface area contributed by atoms with Gasteiger partial charge in [0.15, 0.2) is 5.43 Å². The number of fused-ring (bicyclic) bond motifs is 1. The summed E-state index contributed by atoms with van der Waals surface area (Å²) in [5.74, 6) is 1.27. The largest absolute Gasteiger partial charge is 0.362 e. The molecule has 0 fully saturated rings. The summed E-state index contributed by atoms with van der Waals surface area (Å²) < 4.78 is 2.01. The molecule has 2 aromatic heterocycles. The van der Waals surface area contributed by atoms with Crippen LogP contribution in [0.2, 0.25) is 0 Å². The molecule has 0 radical (unpaired) electrons. The van der Waals surface area contributed by atoms with Crippen LogP contribution < -0.4 is 10.7 Å². The van der Waals surface area contributed by atoms with Gasteiger partial charge in [-0.1, -0.05) is 0 Å². The molecular formula is C15H18N4O2. The first-order valence-electron chi connectivity index (χ1n) is 7.12. The summed E-state index contributed by atoms with van der Waals surface area (Å²) in [4.78, 5) is 31.7. The maximum atomic E-state index is 12.4. The van der Waals surface area contributed by atoms with Gasteiger partial charge in [0.2, 0.25) is 0 Å². The summed E-state index contributed by atoms with van der Waals surface area (Å²) in [5.41, 5.74) is 1.22. The van der Waals surface area contributed by atoms with Crippen molar-refractivity contribution >= 4 is 11.7 Å². The topological polar surface area (TPSA) is 79.8 Å². The van der Waals surface area contributed by atoms with Crippen molar-refractivity contribution in [3.8, 4) is 0 Å². The van der Waals surface area contributed by atoms with Crippen molar-refractivity contribution < 1.29 is 4.79 Å². The van der Waals surface area contributed by atoms with E-state index in [2.05, 4.69) is 15.3 Å². The molecule has 1 amide bonds. The molecule has 3 heterocycles. The number of rotatable bonds is 2. The number of aromatic amines is 1. The molecule has 0 spiro atoms.